The lowest BCUT2D eigenvalue weighted by atomic mass is 9.88. The number of carbonyl (C=O) groups excluding carboxylic acids is 4. The quantitative estimate of drug-likeness (QED) is 0.0341. The number of rotatable bonds is 0. The third kappa shape index (κ3) is 7.46. The van der Waals surface area contributed by atoms with Gasteiger partial charge in [-0.1, -0.05) is 0 Å². The van der Waals surface area contributed by atoms with Gasteiger partial charge in [0.1, 0.15) is 18.3 Å². The van der Waals surface area contributed by atoms with Crippen LogP contribution in [0, 0.1) is 0 Å². The number of cyclic esters (lactones) is 1. The van der Waals surface area contributed by atoms with Crippen molar-refractivity contribution in [1.82, 2.24) is 0 Å². The van der Waals surface area contributed by atoms with Crippen molar-refractivity contribution in [3.8, 4) is 131 Å². The maximum atomic E-state index is 15.3. The molecule has 0 spiro atoms. The van der Waals surface area contributed by atoms with E-state index in [1.54, 1.807) is 0 Å². The zero-order valence-electron chi connectivity index (χ0n) is 43.1. The van der Waals surface area contributed by atoms with Crippen molar-refractivity contribution >= 4 is 78.3 Å². The molecule has 7 aromatic carbocycles. The average molecular weight is 1230 g/mol. The number of hydrogen-bond acceptors (Lipinski definition) is 34. The summed E-state index contributed by atoms with van der Waals surface area (Å²) in [7, 11) is 0. The van der Waals surface area contributed by atoms with Gasteiger partial charge in [-0.05, 0) is 24.3 Å². The molecule has 34 heteroatoms. The van der Waals surface area contributed by atoms with Gasteiger partial charge in [0, 0.05) is 49.9 Å². The Labute approximate surface area is 482 Å². The Morgan fingerprint density at radius 3 is 1.33 bits per heavy atom. The van der Waals surface area contributed by atoms with Gasteiger partial charge in [-0.15, -0.1) is 0 Å². The Morgan fingerprint density at radius 1 is 0.337 bits per heavy atom. The van der Waals surface area contributed by atoms with Gasteiger partial charge in [0.15, 0.2) is 105 Å². The van der Waals surface area contributed by atoms with Gasteiger partial charge in [-0.2, -0.15) is 0 Å². The van der Waals surface area contributed by atoms with E-state index in [0.717, 1.165) is 0 Å². The van der Waals surface area contributed by atoms with Crippen LogP contribution in [0.15, 0.2) is 58.0 Å². The predicted octanol–water partition coefficient (Wildman–Crippen LogP) is 3.05. The van der Waals surface area contributed by atoms with Crippen molar-refractivity contribution < 1.29 is 153 Å². The van der Waals surface area contributed by atoms with Gasteiger partial charge in [-0.3, -0.25) is 0 Å². The van der Waals surface area contributed by atoms with Crippen LogP contribution in [-0.4, -0.2) is 153 Å². The first-order chi connectivity index (χ1) is 42.0. The summed E-state index contributed by atoms with van der Waals surface area (Å²) in [5, 5.41) is 196. The zero-order valence-corrected chi connectivity index (χ0v) is 43.1. The van der Waals surface area contributed by atoms with E-state index in [9.17, 15) is 116 Å². The zero-order chi connectivity index (χ0) is 63.9. The minimum absolute atomic E-state index is 0.249. The second kappa shape index (κ2) is 18.6. The molecule has 0 radical (unpaired) electrons. The molecule has 0 saturated carbocycles. The van der Waals surface area contributed by atoms with Crippen LogP contribution in [0.3, 0.4) is 0 Å². The number of phenols is 17. The van der Waals surface area contributed by atoms with E-state index in [2.05, 4.69) is 0 Å². The first-order valence-corrected chi connectivity index (χ1v) is 24.8. The summed E-state index contributed by atoms with van der Waals surface area (Å²) in [4.78, 5) is 102. The van der Waals surface area contributed by atoms with Crippen LogP contribution in [0.2, 0.25) is 0 Å². The van der Waals surface area contributed by atoms with E-state index < -0.39 is 286 Å². The number of aliphatic hydroxyl groups is 1. The van der Waals surface area contributed by atoms with E-state index in [4.69, 9.17) is 41.7 Å². The molecule has 0 aliphatic carbocycles. The SMILES string of the molecule is O=C1OC2C(O)OC3COC(=O)c4cc(O)c(O)c(O)c4-c4c(O)c(O)c5oc(=O)c6c(c(O)c(O)c7oc(=O)c4c5c76)-c4c(cc(O)c(O)c4O)C(=O)OC3C2OC(=O)c2cc(O)c(c3oc(=O)c4cc(O)c(O)c(O)c4c23)Oc2c1cc(O)c(O)c2O. The van der Waals surface area contributed by atoms with Crippen LogP contribution < -0.4 is 21.6 Å². The number of phenolic OH excluding ortho intramolecular Hbond substituents is 17. The minimum Gasteiger partial charge on any atom is -0.504 e. The number of aromatic hydroxyl groups is 17. The lowest BCUT2D eigenvalue weighted by Gasteiger charge is -2.43. The van der Waals surface area contributed by atoms with Crippen molar-refractivity contribution in [1.29, 1.82) is 0 Å². The van der Waals surface area contributed by atoms with Crippen molar-refractivity contribution in [2.45, 2.75) is 30.7 Å². The Hall–Kier alpha value is -12.9. The van der Waals surface area contributed by atoms with Gasteiger partial charge in [0.2, 0.25) is 46.0 Å². The molecule has 0 amide bonds. The molecular formula is C55H30O34. The third-order valence-electron chi connectivity index (χ3n) is 15.0. The summed E-state index contributed by atoms with van der Waals surface area (Å²) in [5.41, 5.74) is -19.0. The normalized spacial score (nSPS) is 18.5. The van der Waals surface area contributed by atoms with Crippen molar-refractivity contribution in [3.63, 3.8) is 0 Å². The number of aliphatic hydroxyl groups excluding tert-OH is 1. The molecule has 1 fully saturated rings. The Bertz CT molecular complexity index is 5190. The van der Waals surface area contributed by atoms with E-state index in [0.29, 0.717) is 24.3 Å². The summed E-state index contributed by atoms with van der Waals surface area (Å²) < 4.78 is 50.2. The highest BCUT2D eigenvalue weighted by Gasteiger charge is 2.54. The van der Waals surface area contributed by atoms with Crippen molar-refractivity contribution in [2.24, 2.45) is 0 Å². The molecule has 14 rings (SSSR count). The van der Waals surface area contributed by atoms with E-state index in [1.165, 1.54) is 0 Å². The Morgan fingerprint density at radius 2 is 0.764 bits per heavy atom. The molecule has 454 valence electrons. The van der Waals surface area contributed by atoms with E-state index in [-0.39, 0.29) is 6.07 Å². The molecule has 10 aromatic rings. The number of fused-ring (bicyclic) bond motifs is 9. The standard InChI is InChI=1S/C55H30O34/c56-12-1-7-19(33(66)29(12)62)22-26-24-25-27(54(79)86-43(24)38(71)35(22)68)23(36(69)39(72)44(25)85-53(26)78)20-9(3-14(58)30(63)34(20)67)49(74)84-42-17(6-81-48(7)73)82-55(80)47-46(42)88-51(76)10-4-16(60)41(83-40-11(52(77)89-47)5-15(59)31(64)37(40)70)45-21(10)18-8(50(75)87-45)2-13(57)28(61)32(18)65/h1-5,17,42,46-47,55-72,80H,6H2. The molecule has 3 aromatic heterocycles. The lowest BCUT2D eigenvalue weighted by molar-refractivity contribution is -0.284. The Kier molecular flexibility index (Phi) is 11.6. The number of ether oxygens (including phenoxy) is 6. The molecule has 89 heavy (non-hydrogen) atoms. The maximum absolute atomic E-state index is 15.3. The van der Waals surface area contributed by atoms with E-state index >= 15 is 9.59 Å². The van der Waals surface area contributed by atoms with Crippen LogP contribution in [0.4, 0.5) is 0 Å². The number of esters is 4. The summed E-state index contributed by atoms with van der Waals surface area (Å²) >= 11 is 0. The van der Waals surface area contributed by atoms with Gasteiger partial charge in [0.25, 0.3) is 0 Å². The maximum Gasteiger partial charge on any atom is 0.345 e. The summed E-state index contributed by atoms with van der Waals surface area (Å²) in [6.07, 6.45) is -13.8. The van der Waals surface area contributed by atoms with Crippen LogP contribution in [0.1, 0.15) is 41.4 Å². The third-order valence-corrected chi connectivity index (χ3v) is 15.0. The molecule has 1 saturated heterocycles. The van der Waals surface area contributed by atoms with Crippen LogP contribution >= 0.6 is 0 Å². The molecule has 8 bridgehead atoms. The molecule has 34 nitrogen and oxygen atoms in total. The largest absolute Gasteiger partial charge is 0.504 e. The van der Waals surface area contributed by atoms with Gasteiger partial charge < -0.3 is 134 Å². The summed E-state index contributed by atoms with van der Waals surface area (Å²) in [6.45, 7) is -1.56. The number of carbonyl (C=O) groups is 4. The Balaban J connectivity index is 1.12. The highest BCUT2D eigenvalue weighted by atomic mass is 16.7. The smallest absolute Gasteiger partial charge is 0.345 e. The average Bonchev–Trinajstić information content (AvgIpc) is 0.863. The van der Waals surface area contributed by atoms with Gasteiger partial charge in [0.05, 0.1) is 32.8 Å². The monoisotopic (exact) mass is 1230 g/mol. The van der Waals surface area contributed by atoms with Gasteiger partial charge in [-0.25, -0.2) is 33.6 Å². The second-order valence-corrected chi connectivity index (χ2v) is 19.8. The lowest BCUT2D eigenvalue weighted by Crippen LogP contribution is -2.62. The van der Waals surface area contributed by atoms with Crippen molar-refractivity contribution in [2.75, 3.05) is 6.61 Å². The van der Waals surface area contributed by atoms with Crippen molar-refractivity contribution in [3.05, 3.63) is 83.8 Å². The number of hydrogen-bond donors (Lipinski definition) is 18. The summed E-state index contributed by atoms with van der Waals surface area (Å²) in [6, 6.07) is 1.82. The summed E-state index contributed by atoms with van der Waals surface area (Å²) in [5.74, 6) is -35.8. The minimum atomic E-state index is -2.86. The van der Waals surface area contributed by atoms with Crippen LogP contribution in [0.5, 0.6) is 109 Å². The van der Waals surface area contributed by atoms with Gasteiger partial charge >= 0.3 is 40.8 Å². The fraction of sp³-hybridized carbons (Fsp3) is 0.109. The second-order valence-electron chi connectivity index (χ2n) is 19.8. The predicted molar refractivity (Wildman–Crippen MR) is 282 cm³/mol. The molecule has 5 unspecified atom stereocenters. The molecular weight excluding hydrogens is 1200 g/mol. The fourth-order valence-electron chi connectivity index (χ4n) is 11.0. The molecule has 18 N–H and O–H groups in total. The number of benzene rings is 7. The highest BCUT2D eigenvalue weighted by molar-refractivity contribution is 6.29. The molecule has 4 aliphatic heterocycles. The van der Waals surface area contributed by atoms with E-state index in [1.807, 2.05) is 0 Å². The van der Waals surface area contributed by atoms with Crippen LogP contribution in [-0.2, 0) is 23.7 Å². The molecule has 7 heterocycles. The van der Waals surface area contributed by atoms with Crippen LogP contribution in [0.25, 0.3) is 76.7 Å². The molecule has 4 aliphatic rings. The fourth-order valence-corrected chi connectivity index (χ4v) is 11.0. The first-order valence-electron chi connectivity index (χ1n) is 24.8. The highest BCUT2D eigenvalue weighted by Crippen LogP contribution is 2.59. The topological polar surface area (TPSA) is 578 Å². The first kappa shape index (κ1) is 55.3. The molecule has 5 atom stereocenters.